The number of nitrogens with zero attached hydrogens (tertiary/aromatic N) is 3. The lowest BCUT2D eigenvalue weighted by Crippen LogP contribution is -2.29. The molecule has 0 radical (unpaired) electrons. The van der Waals surface area contributed by atoms with Gasteiger partial charge in [-0.25, -0.2) is 0 Å². The van der Waals surface area contributed by atoms with Gasteiger partial charge in [0.25, 0.3) is 0 Å². The number of halogens is 2. The summed E-state index contributed by atoms with van der Waals surface area (Å²) in [6.45, 7) is 4.13. The number of benzene rings is 2. The zero-order valence-corrected chi connectivity index (χ0v) is 20.9. The molecule has 0 saturated carbocycles. The Kier molecular flexibility index (Phi) is 5.98. The van der Waals surface area contributed by atoms with E-state index in [0.29, 0.717) is 15.2 Å². The highest BCUT2D eigenvalue weighted by Gasteiger charge is 2.42. The van der Waals surface area contributed by atoms with E-state index in [1.807, 2.05) is 42.5 Å². The first-order valence-corrected chi connectivity index (χ1v) is 12.0. The second-order valence-electron chi connectivity index (χ2n) is 8.25. The Morgan fingerprint density at radius 1 is 1.00 bits per heavy atom. The van der Waals surface area contributed by atoms with Gasteiger partial charge >= 0.3 is 0 Å². The van der Waals surface area contributed by atoms with Crippen molar-refractivity contribution in [1.29, 1.82) is 0 Å². The summed E-state index contributed by atoms with van der Waals surface area (Å²) in [7, 11) is 0. The number of aromatic hydroxyl groups is 1. The number of pyridine rings is 1. The fourth-order valence-electron chi connectivity index (χ4n) is 4.69. The molecule has 2 N–H and O–H groups in total. The summed E-state index contributed by atoms with van der Waals surface area (Å²) in [5.74, 6) is 0.202. The lowest BCUT2D eigenvalue weighted by Gasteiger charge is -2.28. The van der Waals surface area contributed by atoms with E-state index in [0.717, 1.165) is 34.0 Å². The third kappa shape index (κ3) is 3.82. The number of hydrogen-bond donors (Lipinski definition) is 2. The summed E-state index contributed by atoms with van der Waals surface area (Å²) in [4.78, 5) is 6.70. The van der Waals surface area contributed by atoms with Gasteiger partial charge in [0.05, 0.1) is 33.5 Å². The van der Waals surface area contributed by atoms with Gasteiger partial charge in [-0.05, 0) is 86.2 Å². The van der Waals surface area contributed by atoms with Crippen LogP contribution in [0.15, 0.2) is 72.9 Å². The summed E-state index contributed by atoms with van der Waals surface area (Å²) >= 11 is 18.7. The maximum atomic E-state index is 9.83. The predicted molar refractivity (Wildman–Crippen MR) is 141 cm³/mol. The van der Waals surface area contributed by atoms with Crippen molar-refractivity contribution in [3.05, 3.63) is 106 Å². The van der Waals surface area contributed by atoms with Crippen molar-refractivity contribution in [1.82, 2.24) is 14.9 Å². The molecule has 172 valence electrons. The van der Waals surface area contributed by atoms with Crippen LogP contribution in [0, 0.1) is 13.8 Å². The van der Waals surface area contributed by atoms with Gasteiger partial charge in [-0.1, -0.05) is 35.3 Å². The lowest BCUT2D eigenvalue weighted by molar-refractivity contribution is 0.475. The molecule has 5 rings (SSSR count). The first-order chi connectivity index (χ1) is 16.4. The van der Waals surface area contributed by atoms with Crippen LogP contribution < -0.4 is 10.2 Å². The van der Waals surface area contributed by atoms with E-state index in [1.165, 1.54) is 0 Å². The highest BCUT2D eigenvalue weighted by molar-refractivity contribution is 7.80. The number of rotatable bonds is 4. The van der Waals surface area contributed by atoms with E-state index < -0.39 is 0 Å². The Hall–Kier alpha value is -3.06. The Balaban J connectivity index is 1.70. The van der Waals surface area contributed by atoms with Crippen LogP contribution in [-0.4, -0.2) is 19.8 Å². The van der Waals surface area contributed by atoms with E-state index in [9.17, 15) is 5.11 Å². The molecular weight excluding hydrogens is 487 g/mol. The fourth-order valence-corrected chi connectivity index (χ4v) is 5.41. The Morgan fingerprint density at radius 3 is 2.47 bits per heavy atom. The molecule has 0 aliphatic carbocycles. The summed E-state index contributed by atoms with van der Waals surface area (Å²) in [6, 6.07) is 20.4. The highest BCUT2D eigenvalue weighted by Crippen LogP contribution is 2.44. The topological polar surface area (TPSA) is 53.3 Å². The van der Waals surface area contributed by atoms with E-state index in [1.54, 1.807) is 24.4 Å². The Morgan fingerprint density at radius 2 is 1.76 bits per heavy atom. The van der Waals surface area contributed by atoms with E-state index >= 15 is 0 Å². The number of aryl methyl sites for hydroxylation is 1. The molecule has 0 amide bonds. The molecule has 1 fully saturated rings. The molecule has 1 aliphatic heterocycles. The number of anilines is 1. The first-order valence-electron chi connectivity index (χ1n) is 10.8. The first kappa shape index (κ1) is 22.7. The second-order valence-corrected chi connectivity index (χ2v) is 9.42. The number of aromatic nitrogens is 2. The lowest BCUT2D eigenvalue weighted by atomic mass is 9.96. The zero-order chi connectivity index (χ0) is 24.0. The van der Waals surface area contributed by atoms with Gasteiger partial charge in [-0.15, -0.1) is 0 Å². The average Bonchev–Trinajstić information content (AvgIpc) is 3.32. The van der Waals surface area contributed by atoms with Gasteiger partial charge in [0.1, 0.15) is 5.75 Å². The van der Waals surface area contributed by atoms with E-state index in [4.69, 9.17) is 35.4 Å². The molecule has 2 aromatic heterocycles. The summed E-state index contributed by atoms with van der Waals surface area (Å²) in [5, 5.41) is 14.9. The van der Waals surface area contributed by atoms with Crippen molar-refractivity contribution in [2.24, 2.45) is 0 Å². The molecule has 5 nitrogen and oxygen atoms in total. The van der Waals surface area contributed by atoms with Crippen LogP contribution in [0.4, 0.5) is 5.69 Å². The molecule has 4 aromatic rings. The van der Waals surface area contributed by atoms with Crippen LogP contribution in [-0.2, 0) is 0 Å². The van der Waals surface area contributed by atoms with Crippen LogP contribution in [0.1, 0.15) is 34.7 Å². The monoisotopic (exact) mass is 508 g/mol. The number of phenolic OH excluding ortho intramolecular Hbond substituents is 1. The van der Waals surface area contributed by atoms with Crippen LogP contribution in [0.5, 0.6) is 5.75 Å². The predicted octanol–water partition coefficient (Wildman–Crippen LogP) is 6.68. The molecule has 0 unspecified atom stereocenters. The Labute approximate surface area is 213 Å². The molecule has 1 saturated heterocycles. The van der Waals surface area contributed by atoms with Gasteiger partial charge in [0, 0.05) is 23.3 Å². The summed E-state index contributed by atoms with van der Waals surface area (Å²) in [6.07, 6.45) is 1.79. The van der Waals surface area contributed by atoms with Crippen LogP contribution in [0.2, 0.25) is 10.0 Å². The van der Waals surface area contributed by atoms with Crippen LogP contribution in [0.3, 0.4) is 0 Å². The number of thiocarbonyl (C=S) groups is 1. The summed E-state index contributed by atoms with van der Waals surface area (Å²) < 4.78 is 2.12. The van der Waals surface area contributed by atoms with Crippen molar-refractivity contribution in [2.75, 3.05) is 4.90 Å². The summed E-state index contributed by atoms with van der Waals surface area (Å²) in [5.41, 5.74) is 5.74. The molecule has 3 heterocycles. The molecule has 34 heavy (non-hydrogen) atoms. The molecule has 2 atom stereocenters. The van der Waals surface area contributed by atoms with Crippen molar-refractivity contribution in [3.8, 4) is 11.4 Å². The van der Waals surface area contributed by atoms with Crippen LogP contribution >= 0.6 is 35.4 Å². The van der Waals surface area contributed by atoms with Gasteiger partial charge < -0.3 is 19.9 Å². The smallest absolute Gasteiger partial charge is 0.174 e. The number of phenols is 1. The van der Waals surface area contributed by atoms with Crippen molar-refractivity contribution < 1.29 is 5.11 Å². The molecule has 2 aromatic carbocycles. The van der Waals surface area contributed by atoms with Gasteiger partial charge in [-0.3, -0.25) is 4.98 Å². The third-order valence-corrected chi connectivity index (χ3v) is 7.31. The quantitative estimate of drug-likeness (QED) is 0.301. The van der Waals surface area contributed by atoms with E-state index in [-0.39, 0.29) is 17.8 Å². The van der Waals surface area contributed by atoms with Gasteiger partial charge in [-0.2, -0.15) is 0 Å². The molecule has 1 aliphatic rings. The minimum absolute atomic E-state index is 0.175. The average molecular weight is 509 g/mol. The van der Waals surface area contributed by atoms with Crippen molar-refractivity contribution >= 4 is 46.2 Å². The highest BCUT2D eigenvalue weighted by atomic mass is 35.5. The van der Waals surface area contributed by atoms with Crippen molar-refractivity contribution in [2.45, 2.75) is 25.9 Å². The largest absolute Gasteiger partial charge is 0.508 e. The normalized spacial score (nSPS) is 17.8. The minimum atomic E-state index is -0.176. The molecule has 0 spiro atoms. The Bertz CT molecular complexity index is 1370. The van der Waals surface area contributed by atoms with Gasteiger partial charge in [0.15, 0.2) is 5.11 Å². The van der Waals surface area contributed by atoms with Crippen LogP contribution in [0.25, 0.3) is 5.69 Å². The van der Waals surface area contributed by atoms with Crippen molar-refractivity contribution in [3.63, 3.8) is 0 Å². The number of nitrogens with one attached hydrogen (secondary N) is 1. The molecule has 0 bridgehead atoms. The third-order valence-electron chi connectivity index (χ3n) is 6.19. The minimum Gasteiger partial charge on any atom is -0.508 e. The standard InChI is InChI=1S/C26H22Cl2N4OS/c1-15-14-19(16(2)31(15)22-8-5-6-20(27)23(22)28)25-24(21-7-3-4-13-29-21)30-26(34)32(25)17-9-11-18(33)12-10-17/h3-14,24-25,33H,1-2H3,(H,30,34)/t24-,25-/m1/s1. The second kappa shape index (κ2) is 8.95. The molecule has 8 heteroatoms. The van der Waals surface area contributed by atoms with E-state index in [2.05, 4.69) is 39.7 Å². The van der Waals surface area contributed by atoms with Gasteiger partial charge in [0.2, 0.25) is 0 Å². The molecular formula is C26H22Cl2N4OS. The maximum absolute atomic E-state index is 9.83. The number of hydrogen-bond acceptors (Lipinski definition) is 3. The SMILES string of the molecule is Cc1cc([C@@H]2[C@@H](c3ccccn3)NC(=S)N2c2ccc(O)cc2)c(C)n1-c1cccc(Cl)c1Cl. The fraction of sp³-hybridized carbons (Fsp3) is 0.154. The maximum Gasteiger partial charge on any atom is 0.174 e. The zero-order valence-electron chi connectivity index (χ0n) is 18.5.